The summed E-state index contributed by atoms with van der Waals surface area (Å²) in [6.45, 7) is 1.81. The Bertz CT molecular complexity index is 1020. The molecule has 6 nitrogen and oxygen atoms in total. The number of carbonyl (C=O) groups is 2. The van der Waals surface area contributed by atoms with Crippen molar-refractivity contribution in [2.24, 2.45) is 0 Å². The summed E-state index contributed by atoms with van der Waals surface area (Å²) in [6, 6.07) is 11.2. The van der Waals surface area contributed by atoms with Crippen LogP contribution in [-0.4, -0.2) is 26.3 Å². The van der Waals surface area contributed by atoms with Crippen molar-refractivity contribution in [1.29, 1.82) is 0 Å². The Balaban J connectivity index is 2.35. The number of benzene rings is 1. The number of carbonyl (C=O) groups excluding carboxylic acids is 2. The van der Waals surface area contributed by atoms with Gasteiger partial charge in [0.2, 0.25) is 11.7 Å². The van der Waals surface area contributed by atoms with E-state index >= 15 is 0 Å². The van der Waals surface area contributed by atoms with Gasteiger partial charge >= 0.3 is 0 Å². The van der Waals surface area contributed by atoms with Crippen LogP contribution in [0.15, 0.2) is 53.5 Å². The lowest BCUT2D eigenvalue weighted by Gasteiger charge is -2.12. The molecule has 25 heavy (non-hydrogen) atoms. The highest BCUT2D eigenvalue weighted by Gasteiger charge is 2.25. The SMILES string of the molecule is CCCC(=O)n1c(=O)c(C(=O)c2ccccc2)c(O)c2cccnc21. The Morgan fingerprint density at radius 1 is 1.12 bits per heavy atom. The third-order valence-corrected chi connectivity index (χ3v) is 3.88. The third kappa shape index (κ3) is 2.82. The van der Waals surface area contributed by atoms with E-state index in [0.717, 1.165) is 4.57 Å². The Morgan fingerprint density at radius 3 is 2.52 bits per heavy atom. The minimum atomic E-state index is -0.851. The summed E-state index contributed by atoms with van der Waals surface area (Å²) in [6.07, 6.45) is 2.10. The summed E-state index contributed by atoms with van der Waals surface area (Å²) in [4.78, 5) is 42.1. The molecule has 0 unspecified atom stereocenters. The standard InChI is InChI=1S/C19H16N2O4/c1-2-7-14(22)21-18-13(10-6-11-20-18)17(24)15(19(21)25)16(23)12-8-4-3-5-9-12/h3-6,8-11,24H,2,7H2,1H3. The molecule has 2 aromatic heterocycles. The fraction of sp³-hybridized carbons (Fsp3) is 0.158. The van der Waals surface area contributed by atoms with Crippen molar-refractivity contribution < 1.29 is 14.7 Å². The van der Waals surface area contributed by atoms with Crippen LogP contribution in [0.2, 0.25) is 0 Å². The second-order valence-corrected chi connectivity index (χ2v) is 5.58. The fourth-order valence-electron chi connectivity index (χ4n) is 2.70. The van der Waals surface area contributed by atoms with E-state index in [-0.39, 0.29) is 23.0 Å². The smallest absolute Gasteiger partial charge is 0.274 e. The second kappa shape index (κ2) is 6.68. The van der Waals surface area contributed by atoms with Gasteiger partial charge in [0.05, 0.1) is 5.39 Å². The zero-order valence-electron chi connectivity index (χ0n) is 13.6. The van der Waals surface area contributed by atoms with Gasteiger partial charge in [-0.2, -0.15) is 0 Å². The van der Waals surface area contributed by atoms with Crippen LogP contribution in [0.1, 0.15) is 40.5 Å². The van der Waals surface area contributed by atoms with E-state index < -0.39 is 28.6 Å². The average Bonchev–Trinajstić information content (AvgIpc) is 2.63. The van der Waals surface area contributed by atoms with Crippen molar-refractivity contribution in [3.63, 3.8) is 0 Å². The lowest BCUT2D eigenvalue weighted by Crippen LogP contribution is -2.32. The van der Waals surface area contributed by atoms with Gasteiger partial charge < -0.3 is 5.11 Å². The van der Waals surface area contributed by atoms with Gasteiger partial charge in [-0.1, -0.05) is 37.3 Å². The average molecular weight is 336 g/mol. The number of pyridine rings is 2. The van der Waals surface area contributed by atoms with Gasteiger partial charge in [0.1, 0.15) is 11.3 Å². The van der Waals surface area contributed by atoms with Crippen molar-refractivity contribution in [3.05, 3.63) is 70.1 Å². The van der Waals surface area contributed by atoms with Crippen molar-refractivity contribution in [2.75, 3.05) is 0 Å². The highest BCUT2D eigenvalue weighted by molar-refractivity contribution is 6.13. The van der Waals surface area contributed by atoms with Crippen LogP contribution in [0.5, 0.6) is 5.75 Å². The molecule has 0 saturated carbocycles. The molecule has 0 radical (unpaired) electrons. The first-order valence-corrected chi connectivity index (χ1v) is 7.92. The first-order valence-electron chi connectivity index (χ1n) is 7.92. The second-order valence-electron chi connectivity index (χ2n) is 5.58. The summed E-state index contributed by atoms with van der Waals surface area (Å²) < 4.78 is 0.884. The molecule has 0 amide bonds. The van der Waals surface area contributed by atoms with Crippen molar-refractivity contribution >= 4 is 22.7 Å². The summed E-state index contributed by atoms with van der Waals surface area (Å²) in [5.41, 5.74) is -0.965. The Morgan fingerprint density at radius 2 is 1.84 bits per heavy atom. The molecule has 0 aliphatic heterocycles. The van der Waals surface area contributed by atoms with E-state index in [1.165, 1.54) is 12.3 Å². The van der Waals surface area contributed by atoms with E-state index in [2.05, 4.69) is 4.98 Å². The maximum absolute atomic E-state index is 12.9. The van der Waals surface area contributed by atoms with E-state index in [0.29, 0.717) is 6.42 Å². The van der Waals surface area contributed by atoms with Crippen LogP contribution in [0, 0.1) is 0 Å². The van der Waals surface area contributed by atoms with Gasteiger partial charge in [-0.25, -0.2) is 9.55 Å². The molecule has 6 heteroatoms. The van der Waals surface area contributed by atoms with Gasteiger partial charge in [-0.05, 0) is 18.6 Å². The lowest BCUT2D eigenvalue weighted by molar-refractivity contribution is 0.0902. The Hall–Kier alpha value is -3.28. The monoisotopic (exact) mass is 336 g/mol. The highest BCUT2D eigenvalue weighted by Crippen LogP contribution is 2.26. The molecule has 3 aromatic rings. The zero-order valence-corrected chi connectivity index (χ0v) is 13.6. The first-order chi connectivity index (χ1) is 12.1. The Labute approximate surface area is 143 Å². The van der Waals surface area contributed by atoms with Crippen LogP contribution < -0.4 is 5.56 Å². The molecule has 0 atom stereocenters. The summed E-state index contributed by atoms with van der Waals surface area (Å²) in [5.74, 6) is -1.55. The summed E-state index contributed by atoms with van der Waals surface area (Å²) in [5, 5.41) is 10.7. The topological polar surface area (TPSA) is 89.3 Å². The molecule has 0 fully saturated rings. The van der Waals surface area contributed by atoms with Gasteiger partial charge in [0.15, 0.2) is 5.65 Å². The van der Waals surface area contributed by atoms with Crippen molar-refractivity contribution in [1.82, 2.24) is 9.55 Å². The maximum Gasteiger partial charge on any atom is 0.274 e. The number of fused-ring (bicyclic) bond motifs is 1. The minimum absolute atomic E-state index is 0.0491. The number of rotatable bonds is 4. The largest absolute Gasteiger partial charge is 0.506 e. The lowest BCUT2D eigenvalue weighted by atomic mass is 10.0. The zero-order chi connectivity index (χ0) is 18.0. The van der Waals surface area contributed by atoms with Crippen LogP contribution in [0.4, 0.5) is 0 Å². The molecule has 126 valence electrons. The summed E-state index contributed by atoms with van der Waals surface area (Å²) in [7, 11) is 0. The third-order valence-electron chi connectivity index (χ3n) is 3.88. The molecular weight excluding hydrogens is 320 g/mol. The van der Waals surface area contributed by atoms with E-state index in [4.69, 9.17) is 0 Å². The van der Waals surface area contributed by atoms with E-state index in [1.807, 2.05) is 6.92 Å². The van der Waals surface area contributed by atoms with Gasteiger partial charge in [0.25, 0.3) is 5.56 Å². The number of nitrogens with zero attached hydrogens (tertiary/aromatic N) is 2. The quantitative estimate of drug-likeness (QED) is 0.740. The number of aromatic hydroxyl groups is 1. The summed E-state index contributed by atoms with van der Waals surface area (Å²) >= 11 is 0. The van der Waals surface area contributed by atoms with Crippen LogP contribution in [0.3, 0.4) is 0 Å². The molecule has 0 bridgehead atoms. The van der Waals surface area contributed by atoms with Crippen LogP contribution >= 0.6 is 0 Å². The number of ketones is 1. The van der Waals surface area contributed by atoms with E-state index in [9.17, 15) is 19.5 Å². The van der Waals surface area contributed by atoms with Gasteiger partial charge in [0, 0.05) is 18.2 Å². The maximum atomic E-state index is 12.9. The molecule has 2 heterocycles. The first kappa shape index (κ1) is 16.6. The van der Waals surface area contributed by atoms with Crippen LogP contribution in [-0.2, 0) is 0 Å². The van der Waals surface area contributed by atoms with Crippen LogP contribution in [0.25, 0.3) is 11.0 Å². The number of hydrogen-bond acceptors (Lipinski definition) is 5. The molecule has 3 rings (SSSR count). The molecule has 0 spiro atoms. The molecule has 0 saturated heterocycles. The van der Waals surface area contributed by atoms with Gasteiger partial charge in [-0.3, -0.25) is 14.4 Å². The fourth-order valence-corrected chi connectivity index (χ4v) is 2.70. The van der Waals surface area contributed by atoms with Gasteiger partial charge in [-0.15, -0.1) is 0 Å². The molecule has 1 N–H and O–H groups in total. The van der Waals surface area contributed by atoms with E-state index in [1.54, 1.807) is 36.4 Å². The molecule has 0 aliphatic rings. The van der Waals surface area contributed by atoms with Crippen molar-refractivity contribution in [2.45, 2.75) is 19.8 Å². The normalized spacial score (nSPS) is 10.8. The van der Waals surface area contributed by atoms with Crippen molar-refractivity contribution in [3.8, 4) is 5.75 Å². The molecule has 1 aromatic carbocycles. The highest BCUT2D eigenvalue weighted by atomic mass is 16.3. The molecular formula is C19H16N2O4. The molecule has 0 aliphatic carbocycles. The minimum Gasteiger partial charge on any atom is -0.506 e. The predicted octanol–water partition coefficient (Wildman–Crippen LogP) is 2.77. The predicted molar refractivity (Wildman–Crippen MR) is 93.1 cm³/mol. The number of hydrogen-bond donors (Lipinski definition) is 1. The number of aromatic nitrogens is 2. The Kier molecular flexibility index (Phi) is 4.43.